The van der Waals surface area contributed by atoms with Crippen LogP contribution in [0, 0.1) is 17.0 Å². The molecule has 164 valence electrons. The minimum absolute atomic E-state index is 0.0602. The molecule has 0 aliphatic carbocycles. The van der Waals surface area contributed by atoms with E-state index < -0.39 is 29.3 Å². The molecule has 0 radical (unpaired) electrons. The number of nitro benzene ring substituents is 1. The van der Waals surface area contributed by atoms with Crippen LogP contribution in [0.3, 0.4) is 0 Å². The summed E-state index contributed by atoms with van der Waals surface area (Å²) in [7, 11) is 0. The third kappa shape index (κ3) is 5.89. The highest BCUT2D eigenvalue weighted by Gasteiger charge is 2.20. The van der Waals surface area contributed by atoms with Gasteiger partial charge in [0.1, 0.15) is 0 Å². The van der Waals surface area contributed by atoms with Gasteiger partial charge in [-0.15, -0.1) is 11.3 Å². The van der Waals surface area contributed by atoms with Gasteiger partial charge in [-0.3, -0.25) is 19.7 Å². The van der Waals surface area contributed by atoms with Gasteiger partial charge in [-0.05, 0) is 43.3 Å². The van der Waals surface area contributed by atoms with Crippen molar-refractivity contribution in [3.05, 3.63) is 74.8 Å². The minimum atomic E-state index is -0.881. The molecule has 0 saturated carbocycles. The third-order valence-corrected chi connectivity index (χ3v) is 6.10. The number of anilines is 1. The molecule has 0 unspecified atom stereocenters. The van der Waals surface area contributed by atoms with Crippen LogP contribution in [0.25, 0.3) is 0 Å². The molecule has 10 nitrogen and oxygen atoms in total. The average molecular weight is 473 g/mol. The van der Waals surface area contributed by atoms with Crippen LogP contribution in [0.1, 0.15) is 26.4 Å². The van der Waals surface area contributed by atoms with Gasteiger partial charge in [-0.1, -0.05) is 11.8 Å². The van der Waals surface area contributed by atoms with Crippen LogP contribution in [0.15, 0.2) is 57.1 Å². The van der Waals surface area contributed by atoms with Crippen LogP contribution in [0.2, 0.25) is 0 Å². The smallest absolute Gasteiger partial charge is 0.338 e. The van der Waals surface area contributed by atoms with Crippen molar-refractivity contribution in [2.75, 3.05) is 11.9 Å². The molecule has 32 heavy (non-hydrogen) atoms. The summed E-state index contributed by atoms with van der Waals surface area (Å²) < 4.78 is 5.60. The van der Waals surface area contributed by atoms with Crippen LogP contribution in [0.5, 0.6) is 0 Å². The number of benzene rings is 2. The van der Waals surface area contributed by atoms with Gasteiger partial charge in [0.2, 0.25) is 5.91 Å². The highest BCUT2D eigenvalue weighted by Crippen LogP contribution is 2.36. The van der Waals surface area contributed by atoms with Crippen LogP contribution in [0.4, 0.5) is 11.4 Å². The Morgan fingerprint density at radius 1 is 1.19 bits per heavy atom. The van der Waals surface area contributed by atoms with E-state index >= 15 is 0 Å². The molecule has 3 aromatic rings. The third-order valence-electron chi connectivity index (χ3n) is 3.97. The zero-order valence-electron chi connectivity index (χ0n) is 16.6. The maximum Gasteiger partial charge on any atom is 0.338 e. The van der Waals surface area contributed by atoms with Crippen molar-refractivity contribution >= 4 is 52.3 Å². The summed E-state index contributed by atoms with van der Waals surface area (Å²) in [6.45, 7) is 1.22. The second kappa shape index (κ2) is 10.0. The summed E-state index contributed by atoms with van der Waals surface area (Å²) in [5.74, 6) is -2.10. The number of hydrogen-bond acceptors (Lipinski definition) is 9. The number of amides is 2. The molecule has 3 rings (SSSR count). The number of aromatic nitrogens is 1. The van der Waals surface area contributed by atoms with E-state index in [4.69, 9.17) is 10.5 Å². The molecule has 0 saturated heterocycles. The summed E-state index contributed by atoms with van der Waals surface area (Å²) in [6, 6.07) is 9.76. The first-order chi connectivity index (χ1) is 15.2. The first-order valence-electron chi connectivity index (χ1n) is 8.98. The topological polar surface area (TPSA) is 155 Å². The maximum atomic E-state index is 12.3. The lowest BCUT2D eigenvalue weighted by atomic mass is 10.2. The van der Waals surface area contributed by atoms with Gasteiger partial charge >= 0.3 is 5.97 Å². The summed E-state index contributed by atoms with van der Waals surface area (Å²) in [6.07, 6.45) is 0. The van der Waals surface area contributed by atoms with Gasteiger partial charge < -0.3 is 15.8 Å². The maximum absolute atomic E-state index is 12.3. The number of carbonyl (C=O) groups is 3. The molecule has 0 aliphatic heterocycles. The van der Waals surface area contributed by atoms with Gasteiger partial charge in [0, 0.05) is 28.4 Å². The number of rotatable bonds is 8. The first kappa shape index (κ1) is 22.9. The van der Waals surface area contributed by atoms with E-state index in [1.54, 1.807) is 0 Å². The zero-order valence-corrected chi connectivity index (χ0v) is 18.2. The normalized spacial score (nSPS) is 10.4. The Labute approximate surface area is 189 Å². The Morgan fingerprint density at radius 2 is 1.88 bits per heavy atom. The zero-order chi connectivity index (χ0) is 23.3. The SMILES string of the molecule is Cc1csc(Sc2ccc(C(=O)OCC(=O)Nc3ccc(C(N)=O)cc3)cc2[N+](=O)[O-])n1. The molecule has 1 heterocycles. The number of nitrogens with two attached hydrogens (primary N) is 1. The fraction of sp³-hybridized carbons (Fsp3) is 0.100. The van der Waals surface area contributed by atoms with E-state index in [0.717, 1.165) is 23.5 Å². The van der Waals surface area contributed by atoms with Gasteiger partial charge in [-0.2, -0.15) is 0 Å². The number of esters is 1. The Morgan fingerprint density at radius 3 is 2.47 bits per heavy atom. The van der Waals surface area contributed by atoms with E-state index in [0.29, 0.717) is 14.9 Å². The molecular weight excluding hydrogens is 456 g/mol. The fourth-order valence-corrected chi connectivity index (χ4v) is 4.35. The first-order valence-corrected chi connectivity index (χ1v) is 10.7. The second-order valence-electron chi connectivity index (χ2n) is 6.36. The van der Waals surface area contributed by atoms with Crippen molar-refractivity contribution < 1.29 is 24.0 Å². The molecule has 3 N–H and O–H groups in total. The van der Waals surface area contributed by atoms with Gasteiger partial charge in [-0.25, -0.2) is 9.78 Å². The standard InChI is InChI=1S/C20H16N4O6S2/c1-11-10-31-20(22-11)32-16-7-4-13(8-15(16)24(28)29)19(27)30-9-17(25)23-14-5-2-12(3-6-14)18(21)26/h2-8,10H,9H2,1H3,(H2,21,26)(H,23,25). The fourth-order valence-electron chi connectivity index (χ4n) is 2.48. The minimum Gasteiger partial charge on any atom is -0.452 e. The Bertz CT molecular complexity index is 1190. The summed E-state index contributed by atoms with van der Waals surface area (Å²) in [4.78, 5) is 50.8. The molecule has 0 bridgehead atoms. The monoisotopic (exact) mass is 472 g/mol. The number of nitrogens with zero attached hydrogens (tertiary/aromatic N) is 2. The van der Waals surface area contributed by atoms with E-state index in [-0.39, 0.29) is 16.8 Å². The van der Waals surface area contributed by atoms with E-state index in [9.17, 15) is 24.5 Å². The van der Waals surface area contributed by atoms with Gasteiger partial charge in [0.15, 0.2) is 10.9 Å². The summed E-state index contributed by atoms with van der Waals surface area (Å²) in [5, 5.41) is 15.8. The van der Waals surface area contributed by atoms with Gasteiger partial charge in [0.05, 0.1) is 15.4 Å². The molecule has 0 aliphatic rings. The number of aryl methyl sites for hydroxylation is 1. The number of nitrogens with one attached hydrogen (secondary N) is 1. The van der Waals surface area contributed by atoms with Crippen LogP contribution in [-0.2, 0) is 9.53 Å². The van der Waals surface area contributed by atoms with E-state index in [2.05, 4.69) is 10.3 Å². The number of carbonyl (C=O) groups excluding carboxylic acids is 3. The molecule has 12 heteroatoms. The van der Waals surface area contributed by atoms with E-state index in [1.165, 1.54) is 47.7 Å². The Hall–Kier alpha value is -3.77. The van der Waals surface area contributed by atoms with Crippen molar-refractivity contribution in [3.63, 3.8) is 0 Å². The van der Waals surface area contributed by atoms with Crippen LogP contribution >= 0.6 is 23.1 Å². The summed E-state index contributed by atoms with van der Waals surface area (Å²) >= 11 is 2.49. The highest BCUT2D eigenvalue weighted by atomic mass is 32.2. The molecule has 0 atom stereocenters. The predicted octanol–water partition coefficient (Wildman–Crippen LogP) is 3.41. The number of nitro groups is 1. The van der Waals surface area contributed by atoms with Crippen LogP contribution < -0.4 is 11.1 Å². The Balaban J connectivity index is 1.62. The quantitative estimate of drug-likeness (QED) is 0.287. The van der Waals surface area contributed by atoms with E-state index in [1.807, 2.05) is 12.3 Å². The lowest BCUT2D eigenvalue weighted by Gasteiger charge is -2.08. The van der Waals surface area contributed by atoms with Crippen molar-refractivity contribution in [1.82, 2.24) is 4.98 Å². The van der Waals surface area contributed by atoms with Crippen molar-refractivity contribution in [2.24, 2.45) is 5.73 Å². The second-order valence-corrected chi connectivity index (χ2v) is 8.51. The lowest BCUT2D eigenvalue weighted by Crippen LogP contribution is -2.21. The molecule has 1 aromatic heterocycles. The lowest BCUT2D eigenvalue weighted by molar-refractivity contribution is -0.387. The van der Waals surface area contributed by atoms with Gasteiger partial charge in [0.25, 0.3) is 11.6 Å². The Kier molecular flexibility index (Phi) is 7.18. The number of thiazole rings is 1. The predicted molar refractivity (Wildman–Crippen MR) is 118 cm³/mol. The van der Waals surface area contributed by atoms with Crippen molar-refractivity contribution in [3.8, 4) is 0 Å². The number of primary amides is 1. The average Bonchev–Trinajstić information content (AvgIpc) is 3.17. The van der Waals surface area contributed by atoms with Crippen molar-refractivity contribution in [1.29, 1.82) is 0 Å². The number of hydrogen-bond donors (Lipinski definition) is 2. The molecule has 2 aromatic carbocycles. The number of ether oxygens (including phenoxy) is 1. The summed E-state index contributed by atoms with van der Waals surface area (Å²) in [5.41, 5.74) is 6.29. The molecular formula is C20H16N4O6S2. The largest absolute Gasteiger partial charge is 0.452 e. The molecule has 2 amide bonds. The highest BCUT2D eigenvalue weighted by molar-refractivity contribution is 8.01. The van der Waals surface area contributed by atoms with Crippen LogP contribution in [-0.4, -0.2) is 34.3 Å². The van der Waals surface area contributed by atoms with Crippen molar-refractivity contribution in [2.45, 2.75) is 16.2 Å². The molecule has 0 spiro atoms. The molecule has 0 fully saturated rings.